The van der Waals surface area contributed by atoms with Gasteiger partial charge in [0.05, 0.1) is 17.3 Å². The van der Waals surface area contributed by atoms with Crippen molar-refractivity contribution < 1.29 is 4.79 Å². The van der Waals surface area contributed by atoms with Crippen LogP contribution in [0.2, 0.25) is 0 Å². The summed E-state index contributed by atoms with van der Waals surface area (Å²) in [6.07, 6.45) is 12.8. The molecule has 1 amide bonds. The largest absolute Gasteiger partial charge is 0.374 e. The number of nitrogens with zero attached hydrogens (tertiary/aromatic N) is 4. The smallest absolute Gasteiger partial charge is 0.232 e. The molecule has 0 bridgehead atoms. The summed E-state index contributed by atoms with van der Waals surface area (Å²) in [6.45, 7) is 9.35. The van der Waals surface area contributed by atoms with Crippen molar-refractivity contribution in [1.29, 1.82) is 0 Å². The minimum Gasteiger partial charge on any atom is -0.374 e. The van der Waals surface area contributed by atoms with Crippen LogP contribution in [0.15, 0.2) is 48.1 Å². The minimum absolute atomic E-state index is 0.193. The summed E-state index contributed by atoms with van der Waals surface area (Å²) >= 11 is 0. The van der Waals surface area contributed by atoms with Crippen molar-refractivity contribution in [2.75, 3.05) is 20.6 Å². The summed E-state index contributed by atoms with van der Waals surface area (Å²) in [5.41, 5.74) is 5.35. The molecule has 5 nitrogen and oxygen atoms in total. The number of hydrogen-bond donors (Lipinski definition) is 0. The second kappa shape index (κ2) is 5.98. The molecular weight excluding hydrogens is 336 g/mol. The highest BCUT2D eigenvalue weighted by Gasteiger charge is 2.51. The van der Waals surface area contributed by atoms with E-state index in [0.717, 1.165) is 23.5 Å². The Labute approximate surface area is 161 Å². The minimum atomic E-state index is -0.363. The van der Waals surface area contributed by atoms with Gasteiger partial charge in [0.25, 0.3) is 0 Å². The zero-order valence-electron chi connectivity index (χ0n) is 17.0. The van der Waals surface area contributed by atoms with Crippen LogP contribution < -0.4 is 0 Å². The molecule has 27 heavy (non-hydrogen) atoms. The maximum Gasteiger partial charge on any atom is 0.232 e. The summed E-state index contributed by atoms with van der Waals surface area (Å²) in [6, 6.07) is 0. The summed E-state index contributed by atoms with van der Waals surface area (Å²) in [5.74, 6) is 0.690. The summed E-state index contributed by atoms with van der Waals surface area (Å²) < 4.78 is 1.93. The fraction of sp³-hybridized carbons (Fsp3) is 0.455. The van der Waals surface area contributed by atoms with E-state index in [1.54, 1.807) is 0 Å². The van der Waals surface area contributed by atoms with Crippen LogP contribution >= 0.6 is 0 Å². The normalized spacial score (nSPS) is 27.1. The standard InChI is InChI=1S/C22H28N4O/c1-14-9-18(11-19-20(14)22(3,4)21(27)25(19)6)26-13-17(12-23-26)16-7-8-24(5)15(2)10-16/h7,9-14,20H,8H2,1-6H3. The Morgan fingerprint density at radius 2 is 1.96 bits per heavy atom. The van der Waals surface area contributed by atoms with Gasteiger partial charge in [-0.05, 0) is 30.6 Å². The molecule has 0 saturated carbocycles. The molecule has 0 spiro atoms. The number of likely N-dealkylation sites (tertiary alicyclic amines) is 1. The lowest BCUT2D eigenvalue weighted by Gasteiger charge is -2.31. The Morgan fingerprint density at radius 3 is 2.67 bits per heavy atom. The fourth-order valence-electron chi connectivity index (χ4n) is 4.67. The van der Waals surface area contributed by atoms with E-state index in [0.29, 0.717) is 0 Å². The van der Waals surface area contributed by atoms with Gasteiger partial charge in [-0.15, -0.1) is 0 Å². The highest BCUT2D eigenvalue weighted by molar-refractivity contribution is 5.89. The van der Waals surface area contributed by atoms with Crippen molar-refractivity contribution in [2.45, 2.75) is 27.7 Å². The molecule has 5 heteroatoms. The maximum atomic E-state index is 12.7. The molecule has 1 aromatic heterocycles. The number of fused-ring (bicyclic) bond motifs is 1. The average molecular weight is 364 g/mol. The third-order valence-corrected chi connectivity index (χ3v) is 6.33. The monoisotopic (exact) mass is 364 g/mol. The Balaban J connectivity index is 1.67. The van der Waals surface area contributed by atoms with Crippen LogP contribution in [0, 0.1) is 17.3 Å². The first-order valence-electron chi connectivity index (χ1n) is 9.56. The van der Waals surface area contributed by atoms with Gasteiger partial charge in [-0.25, -0.2) is 4.68 Å². The number of amides is 1. The van der Waals surface area contributed by atoms with Crippen LogP contribution in [0.5, 0.6) is 0 Å². The van der Waals surface area contributed by atoms with E-state index >= 15 is 0 Å². The summed E-state index contributed by atoms with van der Waals surface area (Å²) in [5, 5.41) is 4.60. The number of aromatic nitrogens is 2. The van der Waals surface area contributed by atoms with Crippen molar-refractivity contribution in [2.24, 2.45) is 17.3 Å². The van der Waals surface area contributed by atoms with E-state index in [1.165, 1.54) is 11.3 Å². The fourth-order valence-corrected chi connectivity index (χ4v) is 4.67. The molecule has 1 aliphatic carbocycles. The molecule has 142 valence electrons. The van der Waals surface area contributed by atoms with Gasteiger partial charge < -0.3 is 9.80 Å². The average Bonchev–Trinajstić information content (AvgIpc) is 3.17. The first-order chi connectivity index (χ1) is 12.7. The molecular formula is C22H28N4O. The Kier molecular flexibility index (Phi) is 3.95. The molecule has 1 saturated heterocycles. The van der Waals surface area contributed by atoms with Crippen molar-refractivity contribution in [1.82, 2.24) is 19.6 Å². The zero-order valence-corrected chi connectivity index (χ0v) is 17.0. The molecule has 4 rings (SSSR count). The van der Waals surface area contributed by atoms with Gasteiger partial charge in [-0.1, -0.05) is 32.9 Å². The third kappa shape index (κ3) is 2.68. The van der Waals surface area contributed by atoms with Gasteiger partial charge in [0.15, 0.2) is 0 Å². The van der Waals surface area contributed by atoms with Gasteiger partial charge in [-0.2, -0.15) is 5.10 Å². The second-order valence-corrected chi connectivity index (χ2v) is 8.58. The number of rotatable bonds is 2. The van der Waals surface area contributed by atoms with Crippen LogP contribution in [0.3, 0.4) is 0 Å². The molecule has 2 atom stereocenters. The van der Waals surface area contributed by atoms with Crippen molar-refractivity contribution in [3.63, 3.8) is 0 Å². The molecule has 0 N–H and O–H groups in total. The summed E-state index contributed by atoms with van der Waals surface area (Å²) in [7, 11) is 3.98. The van der Waals surface area contributed by atoms with E-state index in [1.807, 2.05) is 22.8 Å². The molecule has 0 aromatic carbocycles. The van der Waals surface area contributed by atoms with Crippen molar-refractivity contribution >= 4 is 17.2 Å². The predicted molar refractivity (Wildman–Crippen MR) is 108 cm³/mol. The van der Waals surface area contributed by atoms with Gasteiger partial charge in [0, 0.05) is 49.7 Å². The topological polar surface area (TPSA) is 41.4 Å². The van der Waals surface area contributed by atoms with Crippen LogP contribution in [0.25, 0.3) is 11.3 Å². The first kappa shape index (κ1) is 17.8. The second-order valence-electron chi connectivity index (χ2n) is 8.58. The molecule has 1 fully saturated rings. The summed E-state index contributed by atoms with van der Waals surface area (Å²) in [4.78, 5) is 16.7. The lowest BCUT2D eigenvalue weighted by atomic mass is 9.71. The van der Waals surface area contributed by atoms with Gasteiger partial charge in [0.2, 0.25) is 5.91 Å². The van der Waals surface area contributed by atoms with Crippen LogP contribution in [-0.4, -0.2) is 46.1 Å². The highest BCUT2D eigenvalue weighted by Crippen LogP contribution is 2.50. The van der Waals surface area contributed by atoms with Crippen LogP contribution in [-0.2, 0) is 4.79 Å². The van der Waals surface area contributed by atoms with Crippen LogP contribution in [0.1, 0.15) is 33.3 Å². The Bertz CT molecular complexity index is 928. The zero-order chi connectivity index (χ0) is 19.5. The highest BCUT2D eigenvalue weighted by atomic mass is 16.2. The molecule has 1 aromatic rings. The molecule has 2 aliphatic heterocycles. The molecule has 3 aliphatic rings. The van der Waals surface area contributed by atoms with E-state index in [2.05, 4.69) is 75.2 Å². The SMILES string of the molecule is CC1=CC(c2cnn(C3=CC(C)C4C(=C3)N(C)C(=O)C4(C)C)c2)=CCN1C. The molecule has 2 unspecified atom stereocenters. The van der Waals surface area contributed by atoms with E-state index < -0.39 is 0 Å². The number of hydrogen-bond acceptors (Lipinski definition) is 3. The molecule has 3 heterocycles. The molecule has 0 radical (unpaired) electrons. The third-order valence-electron chi connectivity index (χ3n) is 6.33. The first-order valence-corrected chi connectivity index (χ1v) is 9.56. The lowest BCUT2D eigenvalue weighted by molar-refractivity contribution is -0.133. The van der Waals surface area contributed by atoms with Gasteiger partial charge >= 0.3 is 0 Å². The Morgan fingerprint density at radius 1 is 1.22 bits per heavy atom. The predicted octanol–water partition coefficient (Wildman–Crippen LogP) is 3.60. The quantitative estimate of drug-likeness (QED) is 0.805. The lowest BCUT2D eigenvalue weighted by Crippen LogP contribution is -2.31. The number of carbonyl (C=O) groups excluding carboxylic acids is 1. The van der Waals surface area contributed by atoms with Gasteiger partial charge in [-0.3, -0.25) is 4.79 Å². The number of likely N-dealkylation sites (N-methyl/N-ethyl adjacent to an activating group) is 1. The van der Waals surface area contributed by atoms with E-state index in [4.69, 9.17) is 0 Å². The van der Waals surface area contributed by atoms with Gasteiger partial charge in [0.1, 0.15) is 0 Å². The number of carbonyl (C=O) groups is 1. The number of allylic oxidation sites excluding steroid dienone is 7. The Hall–Kier alpha value is -2.56. The van der Waals surface area contributed by atoms with Crippen LogP contribution in [0.4, 0.5) is 0 Å². The maximum absolute atomic E-state index is 12.7. The van der Waals surface area contributed by atoms with Crippen molar-refractivity contribution in [3.8, 4) is 0 Å². The van der Waals surface area contributed by atoms with E-state index in [9.17, 15) is 4.79 Å². The van der Waals surface area contributed by atoms with E-state index in [-0.39, 0.29) is 23.2 Å². The van der Waals surface area contributed by atoms with Crippen molar-refractivity contribution in [3.05, 3.63) is 53.7 Å².